The summed E-state index contributed by atoms with van der Waals surface area (Å²) in [5.41, 5.74) is 14.8. The van der Waals surface area contributed by atoms with Crippen molar-refractivity contribution in [2.75, 3.05) is 25.4 Å². The highest BCUT2D eigenvalue weighted by molar-refractivity contribution is 6.00. The number of nitrogen functional groups attached to an aromatic ring is 1. The molecule has 4 heterocycles. The summed E-state index contributed by atoms with van der Waals surface area (Å²) in [5.74, 6) is 1.64. The van der Waals surface area contributed by atoms with Gasteiger partial charge in [-0.3, -0.25) is 9.69 Å². The number of ether oxygens (including phenoxy) is 2. The van der Waals surface area contributed by atoms with Crippen molar-refractivity contribution >= 4 is 22.8 Å². The molecule has 1 aromatic carbocycles. The van der Waals surface area contributed by atoms with Crippen molar-refractivity contribution in [1.82, 2.24) is 19.4 Å². The van der Waals surface area contributed by atoms with Crippen molar-refractivity contribution in [1.29, 1.82) is 0 Å². The van der Waals surface area contributed by atoms with Gasteiger partial charge in [-0.25, -0.2) is 9.97 Å². The maximum Gasteiger partial charge on any atom is 0.234 e. The number of amides is 1. The number of fused-ring (bicyclic) bond motifs is 1. The lowest BCUT2D eigenvalue weighted by molar-refractivity contribution is -0.122. The van der Waals surface area contributed by atoms with E-state index in [-0.39, 0.29) is 23.7 Å². The number of anilines is 1. The molecule has 1 amide bonds. The fourth-order valence-electron chi connectivity index (χ4n) is 6.52. The molecule has 1 unspecified atom stereocenters. The Morgan fingerprint density at radius 3 is 2.84 bits per heavy atom. The third kappa shape index (κ3) is 4.85. The average molecular weight is 519 g/mol. The molecule has 3 aliphatic rings. The van der Waals surface area contributed by atoms with Crippen molar-refractivity contribution in [3.8, 4) is 16.9 Å². The molecule has 9 nitrogen and oxygen atoms in total. The molecule has 38 heavy (non-hydrogen) atoms. The summed E-state index contributed by atoms with van der Waals surface area (Å²) in [6, 6.07) is 8.36. The molecule has 3 aromatic rings. The Balaban J connectivity index is 1.19. The van der Waals surface area contributed by atoms with Gasteiger partial charge in [0.05, 0.1) is 23.1 Å². The number of rotatable bonds is 8. The lowest BCUT2D eigenvalue weighted by Gasteiger charge is -2.39. The number of aromatic nitrogens is 3. The van der Waals surface area contributed by atoms with E-state index < -0.39 is 0 Å². The Labute approximate surface area is 223 Å². The van der Waals surface area contributed by atoms with E-state index in [0.29, 0.717) is 24.4 Å². The van der Waals surface area contributed by atoms with E-state index in [1.54, 1.807) is 6.33 Å². The minimum absolute atomic E-state index is 0.0756. The van der Waals surface area contributed by atoms with Gasteiger partial charge in [-0.05, 0) is 82.5 Å². The number of nitrogens with zero attached hydrogens (tertiary/aromatic N) is 4. The van der Waals surface area contributed by atoms with Crippen LogP contribution in [0, 0.1) is 5.92 Å². The average Bonchev–Trinajstić information content (AvgIpc) is 3.57. The van der Waals surface area contributed by atoms with Crippen LogP contribution >= 0.6 is 0 Å². The number of nitrogens with two attached hydrogens (primary N) is 2. The maximum absolute atomic E-state index is 11.8. The lowest BCUT2D eigenvalue weighted by Crippen LogP contribution is -2.44. The summed E-state index contributed by atoms with van der Waals surface area (Å²) < 4.78 is 14.5. The van der Waals surface area contributed by atoms with Gasteiger partial charge in [0, 0.05) is 24.3 Å². The summed E-state index contributed by atoms with van der Waals surface area (Å²) in [4.78, 5) is 23.0. The fourth-order valence-corrected chi connectivity index (χ4v) is 6.52. The van der Waals surface area contributed by atoms with Gasteiger partial charge in [-0.2, -0.15) is 0 Å². The summed E-state index contributed by atoms with van der Waals surface area (Å²) in [6.07, 6.45) is 9.88. The van der Waals surface area contributed by atoms with E-state index in [4.69, 9.17) is 20.9 Å². The monoisotopic (exact) mass is 518 g/mol. The van der Waals surface area contributed by atoms with Crippen molar-refractivity contribution in [3.63, 3.8) is 0 Å². The van der Waals surface area contributed by atoms with Gasteiger partial charge in [0.1, 0.15) is 30.1 Å². The Kier molecular flexibility index (Phi) is 6.52. The molecule has 0 radical (unpaired) electrons. The van der Waals surface area contributed by atoms with E-state index >= 15 is 0 Å². The molecule has 2 aromatic heterocycles. The predicted octanol–water partition coefficient (Wildman–Crippen LogP) is 3.92. The fraction of sp³-hybridized carbons (Fsp3) is 0.552. The van der Waals surface area contributed by atoms with Gasteiger partial charge in [-0.15, -0.1) is 0 Å². The van der Waals surface area contributed by atoms with E-state index in [0.717, 1.165) is 79.5 Å². The topological polar surface area (TPSA) is 122 Å². The molecule has 9 heteroatoms. The number of carbonyl (C=O) groups excluding carboxylic acids is 1. The highest BCUT2D eigenvalue weighted by atomic mass is 16.6. The van der Waals surface area contributed by atoms with Crippen LogP contribution in [0.15, 0.2) is 36.8 Å². The van der Waals surface area contributed by atoms with Crippen LogP contribution in [0.1, 0.15) is 58.4 Å². The van der Waals surface area contributed by atoms with E-state index in [1.807, 2.05) is 12.1 Å². The van der Waals surface area contributed by atoms with Gasteiger partial charge in [0.15, 0.2) is 0 Å². The molecule has 2 saturated heterocycles. The van der Waals surface area contributed by atoms with Crippen LogP contribution < -0.4 is 16.2 Å². The second-order valence-corrected chi connectivity index (χ2v) is 11.8. The summed E-state index contributed by atoms with van der Waals surface area (Å²) in [7, 11) is 0. The Morgan fingerprint density at radius 1 is 1.24 bits per heavy atom. The SMILES string of the molecule is CC1(C)CCC(COc2cccc(-c3cn([C@H]4C[C@@H](CN5CCC[C@@H]5C(N)=O)C4)c4ncnc(N)c34)c2)O1. The number of primary amides is 1. The zero-order chi connectivity index (χ0) is 26.4. The second-order valence-electron chi connectivity index (χ2n) is 11.8. The van der Waals surface area contributed by atoms with Gasteiger partial charge < -0.3 is 25.5 Å². The van der Waals surface area contributed by atoms with E-state index in [2.05, 4.69) is 51.6 Å². The molecule has 1 aliphatic carbocycles. The molecular formula is C29H38N6O3. The van der Waals surface area contributed by atoms with Crippen LogP contribution in [-0.4, -0.2) is 62.8 Å². The van der Waals surface area contributed by atoms with Crippen molar-refractivity contribution < 1.29 is 14.3 Å². The van der Waals surface area contributed by atoms with Gasteiger partial charge in [0.25, 0.3) is 0 Å². The molecule has 2 atom stereocenters. The third-order valence-corrected chi connectivity index (χ3v) is 8.56. The quantitative estimate of drug-likeness (QED) is 0.464. The van der Waals surface area contributed by atoms with Crippen LogP contribution in [0.2, 0.25) is 0 Å². The molecular weight excluding hydrogens is 480 g/mol. The first kappa shape index (κ1) is 25.1. The van der Waals surface area contributed by atoms with Gasteiger partial charge >= 0.3 is 0 Å². The Hall–Kier alpha value is -3.17. The third-order valence-electron chi connectivity index (χ3n) is 8.56. The normalized spacial score (nSPS) is 27.0. The molecule has 6 rings (SSSR count). The second kappa shape index (κ2) is 9.85. The van der Waals surface area contributed by atoms with Crippen LogP contribution in [-0.2, 0) is 9.53 Å². The molecule has 1 saturated carbocycles. The minimum Gasteiger partial charge on any atom is -0.491 e. The smallest absolute Gasteiger partial charge is 0.234 e. The van der Waals surface area contributed by atoms with Gasteiger partial charge in [-0.1, -0.05) is 12.1 Å². The Bertz CT molecular complexity index is 1330. The first-order valence-corrected chi connectivity index (χ1v) is 13.8. The summed E-state index contributed by atoms with van der Waals surface area (Å²) in [6.45, 7) is 6.68. The lowest BCUT2D eigenvalue weighted by atomic mass is 9.79. The van der Waals surface area contributed by atoms with Crippen LogP contribution in [0.5, 0.6) is 5.75 Å². The molecule has 4 N–H and O–H groups in total. The van der Waals surface area contributed by atoms with Crippen LogP contribution in [0.3, 0.4) is 0 Å². The summed E-state index contributed by atoms with van der Waals surface area (Å²) in [5, 5.41) is 0.877. The van der Waals surface area contributed by atoms with Crippen molar-refractivity contribution in [2.45, 2.75) is 76.2 Å². The first-order chi connectivity index (χ1) is 18.3. The zero-order valence-electron chi connectivity index (χ0n) is 22.3. The minimum atomic E-state index is -0.197. The number of hydrogen-bond acceptors (Lipinski definition) is 7. The van der Waals surface area contributed by atoms with Crippen LogP contribution in [0.25, 0.3) is 22.2 Å². The molecule has 0 spiro atoms. The first-order valence-electron chi connectivity index (χ1n) is 13.8. The summed E-state index contributed by atoms with van der Waals surface area (Å²) >= 11 is 0. The van der Waals surface area contributed by atoms with Crippen molar-refractivity contribution in [3.05, 3.63) is 36.8 Å². The Morgan fingerprint density at radius 2 is 2.08 bits per heavy atom. The standard InChI is InChI=1S/C29H38N6O3/c1-29(2)9-8-22(38-29)16-37-21-6-3-5-19(13-21)23-15-35(28-25(23)26(30)32-17-33-28)20-11-18(12-20)14-34-10-4-7-24(34)27(31)36/h3,5-6,13,15,17-18,20,22,24H,4,7-12,14,16H2,1-2H3,(H2,31,36)(H2,30,32,33)/t18-,20+,22?,24-/m1/s1. The largest absolute Gasteiger partial charge is 0.491 e. The molecule has 0 bridgehead atoms. The van der Waals surface area contributed by atoms with Crippen molar-refractivity contribution in [2.24, 2.45) is 11.7 Å². The predicted molar refractivity (Wildman–Crippen MR) is 147 cm³/mol. The van der Waals surface area contributed by atoms with E-state index in [9.17, 15) is 4.79 Å². The van der Waals surface area contributed by atoms with Crippen LogP contribution in [0.4, 0.5) is 5.82 Å². The molecule has 2 aliphatic heterocycles. The maximum atomic E-state index is 11.8. The highest BCUT2D eigenvalue weighted by Gasteiger charge is 2.37. The number of carbonyl (C=O) groups is 1. The molecule has 202 valence electrons. The highest BCUT2D eigenvalue weighted by Crippen LogP contribution is 2.44. The molecule has 3 fully saturated rings. The number of hydrogen-bond donors (Lipinski definition) is 2. The number of benzene rings is 1. The zero-order valence-corrected chi connectivity index (χ0v) is 22.3. The van der Waals surface area contributed by atoms with E-state index in [1.165, 1.54) is 0 Å². The number of likely N-dealkylation sites (tertiary alicyclic amines) is 1. The van der Waals surface area contributed by atoms with Gasteiger partial charge in [0.2, 0.25) is 5.91 Å².